The van der Waals surface area contributed by atoms with E-state index in [9.17, 15) is 0 Å². The molecule has 90 valence electrons. The molecule has 0 fully saturated rings. The van der Waals surface area contributed by atoms with Crippen LogP contribution in [-0.2, 0) is 0 Å². The van der Waals surface area contributed by atoms with Crippen LogP contribution in [0.5, 0.6) is 0 Å². The number of rotatable bonds is 6. The summed E-state index contributed by atoms with van der Waals surface area (Å²) < 4.78 is 0. The van der Waals surface area contributed by atoms with Gasteiger partial charge in [0, 0.05) is 26.2 Å². The fourth-order valence-electron chi connectivity index (χ4n) is 1.57. The van der Waals surface area contributed by atoms with E-state index < -0.39 is 0 Å². The first kappa shape index (κ1) is 12.7. The maximum atomic E-state index is 9.02. The minimum absolute atomic E-state index is 0.137. The third-order valence-electron chi connectivity index (χ3n) is 2.27. The zero-order valence-electron chi connectivity index (χ0n) is 10.2. The predicted octanol–water partition coefficient (Wildman–Crippen LogP) is 1.04. The molecule has 1 aromatic rings. The Hall–Kier alpha value is -1.36. The van der Waals surface area contributed by atoms with Gasteiger partial charge < -0.3 is 15.3 Å². The van der Waals surface area contributed by atoms with Crippen LogP contribution < -0.4 is 10.2 Å². The van der Waals surface area contributed by atoms with Gasteiger partial charge in [0.15, 0.2) is 0 Å². The topological polar surface area (TPSA) is 61.3 Å². The fraction of sp³-hybridized carbons (Fsp3) is 0.636. The fourth-order valence-corrected chi connectivity index (χ4v) is 1.57. The zero-order valence-corrected chi connectivity index (χ0v) is 10.2. The van der Waals surface area contributed by atoms with E-state index in [1.807, 2.05) is 20.0 Å². The molecule has 0 unspecified atom stereocenters. The summed E-state index contributed by atoms with van der Waals surface area (Å²) >= 11 is 0. The molecule has 0 amide bonds. The molecule has 1 rings (SSSR count). The number of nitrogens with one attached hydrogen (secondary N) is 1. The third-order valence-corrected chi connectivity index (χ3v) is 2.27. The first-order chi connectivity index (χ1) is 7.71. The monoisotopic (exact) mass is 224 g/mol. The molecule has 0 saturated carbocycles. The minimum Gasteiger partial charge on any atom is -0.395 e. The first-order valence-corrected chi connectivity index (χ1v) is 5.60. The van der Waals surface area contributed by atoms with E-state index >= 15 is 0 Å². The Labute approximate surface area is 96.5 Å². The van der Waals surface area contributed by atoms with Gasteiger partial charge in [-0.15, -0.1) is 0 Å². The molecule has 2 N–H and O–H groups in total. The average Bonchev–Trinajstić information content (AvgIpc) is 2.28. The molecular formula is C11H20N4O. The van der Waals surface area contributed by atoms with Gasteiger partial charge in [-0.25, -0.2) is 9.97 Å². The van der Waals surface area contributed by atoms with E-state index in [2.05, 4.69) is 27.1 Å². The molecule has 0 aliphatic carbocycles. The van der Waals surface area contributed by atoms with E-state index in [4.69, 9.17) is 5.11 Å². The van der Waals surface area contributed by atoms with Crippen LogP contribution in [0.4, 0.5) is 11.6 Å². The van der Waals surface area contributed by atoms with Crippen LogP contribution in [0.15, 0.2) is 6.07 Å². The second kappa shape index (κ2) is 6.27. The number of nitrogens with zero attached hydrogens (tertiary/aromatic N) is 3. The molecule has 0 aliphatic heterocycles. The Kier molecular flexibility index (Phi) is 4.98. The van der Waals surface area contributed by atoms with Crippen LogP contribution >= 0.6 is 0 Å². The molecule has 5 heteroatoms. The summed E-state index contributed by atoms with van der Waals surface area (Å²) in [6.45, 7) is 5.61. The number of aliphatic hydroxyl groups is 1. The first-order valence-electron chi connectivity index (χ1n) is 5.60. The Morgan fingerprint density at radius 2 is 2.12 bits per heavy atom. The average molecular weight is 224 g/mol. The smallest absolute Gasteiger partial charge is 0.134 e. The van der Waals surface area contributed by atoms with Crippen molar-refractivity contribution < 1.29 is 5.11 Å². The summed E-state index contributed by atoms with van der Waals surface area (Å²) in [4.78, 5) is 10.7. The number of aliphatic hydroxyl groups excluding tert-OH is 1. The number of hydrogen-bond acceptors (Lipinski definition) is 5. The minimum atomic E-state index is 0.137. The lowest BCUT2D eigenvalue weighted by Gasteiger charge is -2.22. The largest absolute Gasteiger partial charge is 0.395 e. The molecular weight excluding hydrogens is 204 g/mol. The highest BCUT2D eigenvalue weighted by Crippen LogP contribution is 2.15. The van der Waals surface area contributed by atoms with Gasteiger partial charge in [-0.05, 0) is 13.3 Å². The number of anilines is 2. The van der Waals surface area contributed by atoms with E-state index in [1.165, 1.54) is 0 Å². The molecule has 0 radical (unpaired) electrons. The summed E-state index contributed by atoms with van der Waals surface area (Å²) in [5.74, 6) is 2.41. The molecule has 0 aliphatic rings. The van der Waals surface area contributed by atoms with E-state index in [0.29, 0.717) is 6.54 Å². The van der Waals surface area contributed by atoms with Gasteiger partial charge in [-0.2, -0.15) is 0 Å². The number of hydrogen-bond donors (Lipinski definition) is 2. The van der Waals surface area contributed by atoms with Crippen LogP contribution in [0.3, 0.4) is 0 Å². The van der Waals surface area contributed by atoms with Crippen molar-refractivity contribution in [3.05, 3.63) is 11.9 Å². The van der Waals surface area contributed by atoms with Gasteiger partial charge in [-0.1, -0.05) is 6.92 Å². The molecule has 16 heavy (non-hydrogen) atoms. The van der Waals surface area contributed by atoms with E-state index in [-0.39, 0.29) is 6.61 Å². The third kappa shape index (κ3) is 3.34. The van der Waals surface area contributed by atoms with Crippen molar-refractivity contribution in [3.8, 4) is 0 Å². The Morgan fingerprint density at radius 1 is 1.38 bits per heavy atom. The van der Waals surface area contributed by atoms with Crippen LogP contribution in [0.1, 0.15) is 19.2 Å². The SMILES string of the molecule is CCCN(CCO)c1cc(NC)nc(C)n1. The second-order valence-electron chi connectivity index (χ2n) is 3.62. The van der Waals surface area contributed by atoms with Crippen LogP contribution in [0, 0.1) is 6.92 Å². The maximum Gasteiger partial charge on any atom is 0.134 e. The van der Waals surface area contributed by atoms with E-state index in [0.717, 1.165) is 30.4 Å². The zero-order chi connectivity index (χ0) is 12.0. The lowest BCUT2D eigenvalue weighted by atomic mass is 10.3. The van der Waals surface area contributed by atoms with E-state index in [1.54, 1.807) is 0 Å². The number of aromatic nitrogens is 2. The van der Waals surface area contributed by atoms with Gasteiger partial charge in [0.2, 0.25) is 0 Å². The molecule has 0 saturated heterocycles. The van der Waals surface area contributed by atoms with Crippen molar-refractivity contribution in [1.82, 2.24) is 9.97 Å². The van der Waals surface area contributed by atoms with Gasteiger partial charge in [0.1, 0.15) is 17.5 Å². The Morgan fingerprint density at radius 3 is 2.69 bits per heavy atom. The van der Waals surface area contributed by atoms with Crippen molar-refractivity contribution in [1.29, 1.82) is 0 Å². The standard InChI is InChI=1S/C11H20N4O/c1-4-5-15(6-7-16)11-8-10(12-3)13-9(2)14-11/h8,16H,4-7H2,1-3H3,(H,12,13,14). The molecule has 1 heterocycles. The van der Waals surface area contributed by atoms with Crippen molar-refractivity contribution in [2.24, 2.45) is 0 Å². The summed E-state index contributed by atoms with van der Waals surface area (Å²) in [5, 5.41) is 12.0. The van der Waals surface area contributed by atoms with Crippen molar-refractivity contribution in [3.63, 3.8) is 0 Å². The van der Waals surface area contributed by atoms with Crippen molar-refractivity contribution in [2.45, 2.75) is 20.3 Å². The van der Waals surface area contributed by atoms with Gasteiger partial charge >= 0.3 is 0 Å². The predicted molar refractivity (Wildman–Crippen MR) is 65.9 cm³/mol. The van der Waals surface area contributed by atoms with Crippen molar-refractivity contribution in [2.75, 3.05) is 37.0 Å². The molecule has 5 nitrogen and oxygen atoms in total. The number of aryl methyl sites for hydroxylation is 1. The van der Waals surface area contributed by atoms with Gasteiger partial charge in [0.25, 0.3) is 0 Å². The molecule has 0 atom stereocenters. The summed E-state index contributed by atoms with van der Waals surface area (Å²) in [7, 11) is 1.84. The highest BCUT2D eigenvalue weighted by atomic mass is 16.3. The normalized spacial score (nSPS) is 10.2. The molecule has 1 aromatic heterocycles. The second-order valence-corrected chi connectivity index (χ2v) is 3.62. The lowest BCUT2D eigenvalue weighted by molar-refractivity contribution is 0.301. The van der Waals surface area contributed by atoms with Gasteiger partial charge in [0.05, 0.1) is 6.61 Å². The summed E-state index contributed by atoms with van der Waals surface area (Å²) in [6, 6.07) is 1.90. The van der Waals surface area contributed by atoms with Crippen molar-refractivity contribution >= 4 is 11.6 Å². The highest BCUT2D eigenvalue weighted by molar-refractivity contribution is 5.49. The maximum absolute atomic E-state index is 9.02. The van der Waals surface area contributed by atoms with Crippen LogP contribution in [0.25, 0.3) is 0 Å². The Balaban J connectivity index is 2.93. The highest BCUT2D eigenvalue weighted by Gasteiger charge is 2.08. The van der Waals surface area contributed by atoms with Crippen LogP contribution in [0.2, 0.25) is 0 Å². The summed E-state index contributed by atoms with van der Waals surface area (Å²) in [6.07, 6.45) is 1.03. The van der Waals surface area contributed by atoms with Gasteiger partial charge in [-0.3, -0.25) is 0 Å². The Bertz CT molecular complexity index is 324. The molecule has 0 spiro atoms. The summed E-state index contributed by atoms with van der Waals surface area (Å²) in [5.41, 5.74) is 0. The quantitative estimate of drug-likeness (QED) is 0.756. The molecule has 0 bridgehead atoms. The lowest BCUT2D eigenvalue weighted by Crippen LogP contribution is -2.28. The molecule has 0 aromatic carbocycles. The van der Waals surface area contributed by atoms with Crippen LogP contribution in [-0.4, -0.2) is 41.8 Å².